The average molecular weight is 464 g/mol. The van der Waals surface area contributed by atoms with Crippen LogP contribution in [0.3, 0.4) is 0 Å². The summed E-state index contributed by atoms with van der Waals surface area (Å²) in [7, 11) is 0. The summed E-state index contributed by atoms with van der Waals surface area (Å²) in [6, 6.07) is 14.2. The minimum absolute atomic E-state index is 0.0585. The minimum Gasteiger partial charge on any atom is -0.379 e. The number of hydrogen-bond donors (Lipinski definition) is 0. The zero-order valence-electron chi connectivity index (χ0n) is 18.9. The molecule has 1 amide bonds. The number of pyridine rings is 1. The fourth-order valence-corrected chi connectivity index (χ4v) is 5.23. The van der Waals surface area contributed by atoms with E-state index in [2.05, 4.69) is 28.1 Å². The van der Waals surface area contributed by atoms with Crippen molar-refractivity contribution in [2.24, 2.45) is 5.92 Å². The molecular formula is C27H30ClN3O2. The van der Waals surface area contributed by atoms with Crippen molar-refractivity contribution in [2.45, 2.75) is 25.7 Å². The molecule has 1 atom stereocenters. The minimum atomic E-state index is 0.0585. The normalized spacial score (nSPS) is 19.5. The summed E-state index contributed by atoms with van der Waals surface area (Å²) in [6.45, 7) is 4.52. The lowest BCUT2D eigenvalue weighted by atomic mass is 9.97. The smallest absolute Gasteiger partial charge is 0.254 e. The van der Waals surface area contributed by atoms with E-state index in [1.54, 1.807) is 0 Å². The Labute approximate surface area is 200 Å². The molecule has 33 heavy (non-hydrogen) atoms. The number of carbonyl (C=O) groups is 1. The van der Waals surface area contributed by atoms with Crippen LogP contribution in [0.2, 0.25) is 5.02 Å². The van der Waals surface area contributed by atoms with Crippen LogP contribution in [-0.4, -0.2) is 55.2 Å². The first-order valence-corrected chi connectivity index (χ1v) is 12.3. The highest BCUT2D eigenvalue weighted by Crippen LogP contribution is 2.30. The van der Waals surface area contributed by atoms with Crippen LogP contribution in [0.15, 0.2) is 54.9 Å². The molecule has 2 aliphatic rings. The maximum absolute atomic E-state index is 13.5. The molecular weight excluding hydrogens is 434 g/mol. The molecule has 2 saturated heterocycles. The van der Waals surface area contributed by atoms with Gasteiger partial charge in [0.15, 0.2) is 0 Å². The van der Waals surface area contributed by atoms with Crippen LogP contribution in [0.5, 0.6) is 0 Å². The molecule has 5 rings (SSSR count). The number of hydrogen-bond acceptors (Lipinski definition) is 4. The third-order valence-electron chi connectivity index (χ3n) is 6.74. The number of nitrogens with zero attached hydrogens (tertiary/aromatic N) is 3. The van der Waals surface area contributed by atoms with Gasteiger partial charge in [0, 0.05) is 55.4 Å². The number of benzene rings is 2. The highest BCUT2D eigenvalue weighted by molar-refractivity contribution is 6.33. The van der Waals surface area contributed by atoms with Gasteiger partial charge >= 0.3 is 0 Å². The van der Waals surface area contributed by atoms with Crippen molar-refractivity contribution in [1.29, 1.82) is 0 Å². The van der Waals surface area contributed by atoms with Gasteiger partial charge in [0.2, 0.25) is 0 Å². The van der Waals surface area contributed by atoms with Crippen LogP contribution >= 0.6 is 11.6 Å². The monoisotopic (exact) mass is 463 g/mol. The van der Waals surface area contributed by atoms with Gasteiger partial charge in [-0.2, -0.15) is 0 Å². The van der Waals surface area contributed by atoms with Crippen LogP contribution in [0, 0.1) is 5.92 Å². The second-order valence-electron chi connectivity index (χ2n) is 9.17. The number of anilines is 1. The molecule has 0 aliphatic carbocycles. The van der Waals surface area contributed by atoms with Crippen molar-refractivity contribution in [2.75, 3.05) is 44.3 Å². The van der Waals surface area contributed by atoms with E-state index in [1.165, 1.54) is 30.2 Å². The summed E-state index contributed by atoms with van der Waals surface area (Å²) < 4.78 is 5.89. The second kappa shape index (κ2) is 10.1. The molecule has 3 heterocycles. The zero-order chi connectivity index (χ0) is 22.6. The number of ether oxygens (including phenoxy) is 1. The lowest BCUT2D eigenvalue weighted by Gasteiger charge is -2.30. The molecule has 0 radical (unpaired) electrons. The Morgan fingerprint density at radius 2 is 1.91 bits per heavy atom. The second-order valence-corrected chi connectivity index (χ2v) is 9.57. The molecule has 1 aromatic heterocycles. The molecule has 0 N–H and O–H groups in total. The van der Waals surface area contributed by atoms with Crippen molar-refractivity contribution >= 4 is 34.0 Å². The van der Waals surface area contributed by atoms with Gasteiger partial charge in [-0.05, 0) is 67.0 Å². The molecule has 1 unspecified atom stereocenters. The molecule has 3 aromatic rings. The fourth-order valence-electron chi connectivity index (χ4n) is 4.99. The average Bonchev–Trinajstić information content (AvgIpc) is 3.10. The first-order valence-electron chi connectivity index (χ1n) is 11.9. The molecule has 6 heteroatoms. The highest BCUT2D eigenvalue weighted by Gasteiger charge is 2.25. The van der Waals surface area contributed by atoms with E-state index in [-0.39, 0.29) is 11.8 Å². The Kier molecular flexibility index (Phi) is 6.79. The van der Waals surface area contributed by atoms with E-state index in [0.29, 0.717) is 31.9 Å². The number of aromatic nitrogens is 1. The van der Waals surface area contributed by atoms with Crippen LogP contribution < -0.4 is 4.90 Å². The van der Waals surface area contributed by atoms with Crippen molar-refractivity contribution in [3.8, 4) is 0 Å². The first-order chi connectivity index (χ1) is 16.2. The Balaban J connectivity index is 1.31. The molecule has 0 bridgehead atoms. The third kappa shape index (κ3) is 5.15. The topological polar surface area (TPSA) is 45.7 Å². The van der Waals surface area contributed by atoms with Crippen molar-refractivity contribution < 1.29 is 9.53 Å². The number of rotatable bonds is 4. The standard InChI is InChI=1S/C27H30ClN3O2/c28-25-7-6-23(16-26(25)30-10-2-1-3-11-30)27(32)31-12-13-33-19-21(18-31)14-20-4-5-22-8-9-29-17-24(22)15-20/h4-9,15-17,21H,1-3,10-14,18-19H2. The van der Waals surface area contributed by atoms with E-state index in [0.717, 1.165) is 35.6 Å². The van der Waals surface area contributed by atoms with E-state index in [9.17, 15) is 4.79 Å². The predicted molar refractivity (Wildman–Crippen MR) is 133 cm³/mol. The molecule has 2 aliphatic heterocycles. The van der Waals surface area contributed by atoms with Gasteiger partial charge in [-0.1, -0.05) is 23.7 Å². The van der Waals surface area contributed by atoms with E-state index < -0.39 is 0 Å². The highest BCUT2D eigenvalue weighted by atomic mass is 35.5. The number of fused-ring (bicyclic) bond motifs is 1. The Morgan fingerprint density at radius 1 is 1.03 bits per heavy atom. The largest absolute Gasteiger partial charge is 0.379 e. The number of carbonyl (C=O) groups excluding carboxylic acids is 1. The molecule has 2 fully saturated rings. The van der Waals surface area contributed by atoms with Crippen molar-refractivity contribution in [1.82, 2.24) is 9.88 Å². The van der Waals surface area contributed by atoms with Crippen molar-refractivity contribution in [3.63, 3.8) is 0 Å². The van der Waals surface area contributed by atoms with Gasteiger partial charge in [-0.3, -0.25) is 9.78 Å². The third-order valence-corrected chi connectivity index (χ3v) is 7.06. The van der Waals surface area contributed by atoms with Gasteiger partial charge < -0.3 is 14.5 Å². The van der Waals surface area contributed by atoms with Crippen LogP contribution in [-0.2, 0) is 11.2 Å². The number of amides is 1. The predicted octanol–water partition coefficient (Wildman–Crippen LogP) is 5.21. The van der Waals surface area contributed by atoms with Crippen molar-refractivity contribution in [3.05, 3.63) is 71.0 Å². The van der Waals surface area contributed by atoms with E-state index >= 15 is 0 Å². The van der Waals surface area contributed by atoms with E-state index in [4.69, 9.17) is 16.3 Å². The molecule has 0 spiro atoms. The lowest BCUT2D eigenvalue weighted by molar-refractivity contribution is 0.0737. The molecule has 5 nitrogen and oxygen atoms in total. The van der Waals surface area contributed by atoms with Gasteiger partial charge in [-0.15, -0.1) is 0 Å². The zero-order valence-corrected chi connectivity index (χ0v) is 19.6. The molecule has 0 saturated carbocycles. The van der Waals surface area contributed by atoms with Gasteiger partial charge in [0.1, 0.15) is 0 Å². The number of halogens is 1. The Hall–Kier alpha value is -2.63. The van der Waals surface area contributed by atoms with Gasteiger partial charge in [0.05, 0.1) is 23.9 Å². The SMILES string of the molecule is O=C(c1ccc(Cl)c(N2CCCCC2)c1)N1CCOCC(Cc2ccc3ccncc3c2)C1. The van der Waals surface area contributed by atoms with Crippen LogP contribution in [0.25, 0.3) is 10.8 Å². The first kappa shape index (κ1) is 22.2. The van der Waals surface area contributed by atoms with E-state index in [1.807, 2.05) is 41.6 Å². The summed E-state index contributed by atoms with van der Waals surface area (Å²) in [6.07, 6.45) is 8.19. The van der Waals surface area contributed by atoms with Crippen LogP contribution in [0.4, 0.5) is 5.69 Å². The summed E-state index contributed by atoms with van der Waals surface area (Å²) in [4.78, 5) is 22.0. The Morgan fingerprint density at radius 3 is 2.79 bits per heavy atom. The maximum atomic E-state index is 13.5. The van der Waals surface area contributed by atoms with Gasteiger partial charge in [0.25, 0.3) is 5.91 Å². The summed E-state index contributed by atoms with van der Waals surface area (Å²) in [5, 5.41) is 3.05. The summed E-state index contributed by atoms with van der Waals surface area (Å²) in [5.41, 5.74) is 2.93. The summed E-state index contributed by atoms with van der Waals surface area (Å²) >= 11 is 6.51. The lowest BCUT2D eigenvalue weighted by Crippen LogP contribution is -2.36. The van der Waals surface area contributed by atoms with Gasteiger partial charge in [-0.25, -0.2) is 0 Å². The quantitative estimate of drug-likeness (QED) is 0.532. The fraction of sp³-hybridized carbons (Fsp3) is 0.407. The maximum Gasteiger partial charge on any atom is 0.254 e. The molecule has 172 valence electrons. The van der Waals surface area contributed by atoms with Crippen LogP contribution in [0.1, 0.15) is 35.2 Å². The summed E-state index contributed by atoms with van der Waals surface area (Å²) in [5.74, 6) is 0.308. The number of piperidine rings is 1. The molecule has 2 aromatic carbocycles. The Bertz CT molecular complexity index is 1130.